The van der Waals surface area contributed by atoms with Crippen molar-refractivity contribution in [1.29, 1.82) is 0 Å². The van der Waals surface area contributed by atoms with Crippen LogP contribution in [-0.2, 0) is 5.75 Å². The fourth-order valence-corrected chi connectivity index (χ4v) is 4.20. The van der Waals surface area contributed by atoms with Gasteiger partial charge in [-0.25, -0.2) is 0 Å². The molecule has 0 aliphatic heterocycles. The molecule has 6 heteroatoms. The van der Waals surface area contributed by atoms with Crippen LogP contribution >= 0.6 is 11.8 Å². The molecule has 4 rings (SSSR count). The molecule has 4 aromatic rings. The summed E-state index contributed by atoms with van der Waals surface area (Å²) in [5.74, 6) is 1.56. The Labute approximate surface area is 186 Å². The zero-order valence-electron chi connectivity index (χ0n) is 17.8. The van der Waals surface area contributed by atoms with Crippen molar-refractivity contribution in [2.24, 2.45) is 0 Å². The van der Waals surface area contributed by atoms with Gasteiger partial charge in [0.05, 0.1) is 0 Å². The van der Waals surface area contributed by atoms with E-state index in [0.29, 0.717) is 5.56 Å². The van der Waals surface area contributed by atoms with Gasteiger partial charge in [0.15, 0.2) is 11.0 Å². The summed E-state index contributed by atoms with van der Waals surface area (Å²) in [6.07, 6.45) is 0. The molecule has 1 heterocycles. The molecule has 0 spiro atoms. The first kappa shape index (κ1) is 20.9. The number of nitrogens with zero attached hydrogens (tertiary/aromatic N) is 4. The minimum atomic E-state index is 0.00539. The number of para-hydroxylation sites is 1. The Morgan fingerprint density at radius 1 is 0.935 bits per heavy atom. The average molecular weight is 429 g/mol. The molecule has 1 amide bonds. The van der Waals surface area contributed by atoms with E-state index >= 15 is 0 Å². The highest BCUT2D eigenvalue weighted by Crippen LogP contribution is 2.30. The molecule has 0 N–H and O–H groups in total. The van der Waals surface area contributed by atoms with Crippen molar-refractivity contribution in [1.82, 2.24) is 19.7 Å². The largest absolute Gasteiger partial charge is 0.345 e. The Morgan fingerprint density at radius 2 is 1.68 bits per heavy atom. The quantitative estimate of drug-likeness (QED) is 0.394. The Kier molecular flexibility index (Phi) is 6.18. The van der Waals surface area contributed by atoms with Crippen LogP contribution in [0.25, 0.3) is 17.1 Å². The van der Waals surface area contributed by atoms with E-state index in [0.717, 1.165) is 33.5 Å². The van der Waals surface area contributed by atoms with Crippen molar-refractivity contribution < 1.29 is 4.79 Å². The molecule has 0 fully saturated rings. The number of hydrogen-bond donors (Lipinski definition) is 0. The van der Waals surface area contributed by atoms with Gasteiger partial charge in [-0.3, -0.25) is 9.36 Å². The first-order valence-electron chi connectivity index (χ1n) is 10.0. The van der Waals surface area contributed by atoms with Gasteiger partial charge in [-0.1, -0.05) is 65.9 Å². The Hall–Kier alpha value is -3.38. The third-order valence-electron chi connectivity index (χ3n) is 4.90. The number of aryl methyl sites for hydroxylation is 1. The van der Waals surface area contributed by atoms with Gasteiger partial charge in [0.2, 0.25) is 0 Å². The van der Waals surface area contributed by atoms with E-state index in [1.165, 1.54) is 5.56 Å². The third kappa shape index (κ3) is 4.70. The molecule has 0 saturated carbocycles. The molecule has 0 aliphatic rings. The molecule has 0 radical (unpaired) electrons. The molecule has 5 nitrogen and oxygen atoms in total. The lowest BCUT2D eigenvalue weighted by Crippen LogP contribution is -2.21. The van der Waals surface area contributed by atoms with Crippen LogP contribution in [0.1, 0.15) is 21.5 Å². The lowest BCUT2D eigenvalue weighted by Gasteiger charge is -2.11. The third-order valence-corrected chi connectivity index (χ3v) is 5.90. The number of hydrogen-bond acceptors (Lipinski definition) is 4. The summed E-state index contributed by atoms with van der Waals surface area (Å²) in [5, 5.41) is 9.84. The molecule has 1 aromatic heterocycles. The van der Waals surface area contributed by atoms with E-state index < -0.39 is 0 Å². The summed E-state index contributed by atoms with van der Waals surface area (Å²) in [7, 11) is 3.52. The molecule has 0 saturated heterocycles. The van der Waals surface area contributed by atoms with Crippen LogP contribution in [0.3, 0.4) is 0 Å². The van der Waals surface area contributed by atoms with Crippen molar-refractivity contribution >= 4 is 17.7 Å². The van der Waals surface area contributed by atoms with Gasteiger partial charge in [0, 0.05) is 36.7 Å². The number of aromatic nitrogens is 3. The van der Waals surface area contributed by atoms with Crippen molar-refractivity contribution in [3.8, 4) is 17.1 Å². The molecule has 0 bridgehead atoms. The number of benzene rings is 3. The van der Waals surface area contributed by atoms with E-state index in [2.05, 4.69) is 52.0 Å². The van der Waals surface area contributed by atoms with Crippen LogP contribution in [0.2, 0.25) is 0 Å². The molecule has 0 aliphatic carbocycles. The van der Waals surface area contributed by atoms with Crippen LogP contribution in [0.5, 0.6) is 0 Å². The molecule has 0 atom stereocenters. The zero-order chi connectivity index (χ0) is 21.8. The first-order valence-corrected chi connectivity index (χ1v) is 11.0. The van der Waals surface area contributed by atoms with Crippen LogP contribution in [0.4, 0.5) is 0 Å². The predicted molar refractivity (Wildman–Crippen MR) is 126 cm³/mol. The standard InChI is InChI=1S/C25H24N4OS/c1-18-8-7-9-21(16-18)23-26-27-25(29(23)22-10-5-4-6-11-22)31-17-19-12-14-20(15-13-19)24(30)28(2)3/h4-16H,17H2,1-3H3. The van der Waals surface area contributed by atoms with Crippen LogP contribution in [0.15, 0.2) is 84.0 Å². The van der Waals surface area contributed by atoms with Crippen molar-refractivity contribution in [3.05, 3.63) is 95.6 Å². The fourth-order valence-electron chi connectivity index (χ4n) is 3.29. The minimum Gasteiger partial charge on any atom is -0.345 e. The summed E-state index contributed by atoms with van der Waals surface area (Å²) in [4.78, 5) is 13.7. The monoisotopic (exact) mass is 428 g/mol. The molecule has 0 unspecified atom stereocenters. The van der Waals surface area contributed by atoms with Gasteiger partial charge >= 0.3 is 0 Å². The number of carbonyl (C=O) groups excluding carboxylic acids is 1. The topological polar surface area (TPSA) is 51.0 Å². The van der Waals surface area contributed by atoms with Gasteiger partial charge in [-0.05, 0) is 42.8 Å². The average Bonchev–Trinajstić information content (AvgIpc) is 3.22. The molecule has 31 heavy (non-hydrogen) atoms. The maximum Gasteiger partial charge on any atom is 0.253 e. The highest BCUT2D eigenvalue weighted by atomic mass is 32.2. The molecular formula is C25H24N4OS. The highest BCUT2D eigenvalue weighted by Gasteiger charge is 2.16. The van der Waals surface area contributed by atoms with Gasteiger partial charge in [0.25, 0.3) is 5.91 Å². The van der Waals surface area contributed by atoms with E-state index in [1.54, 1.807) is 30.8 Å². The second kappa shape index (κ2) is 9.18. The summed E-state index contributed by atoms with van der Waals surface area (Å²) in [5.41, 5.74) is 5.06. The van der Waals surface area contributed by atoms with Crippen LogP contribution < -0.4 is 0 Å². The van der Waals surface area contributed by atoms with E-state index in [1.807, 2.05) is 48.5 Å². The van der Waals surface area contributed by atoms with Gasteiger partial charge < -0.3 is 4.90 Å². The predicted octanol–water partition coefficient (Wildman–Crippen LogP) is 5.24. The van der Waals surface area contributed by atoms with Crippen molar-refractivity contribution in [2.75, 3.05) is 14.1 Å². The van der Waals surface area contributed by atoms with Crippen LogP contribution in [-0.4, -0.2) is 39.7 Å². The van der Waals surface area contributed by atoms with Crippen molar-refractivity contribution in [2.45, 2.75) is 17.8 Å². The number of amides is 1. The first-order chi connectivity index (χ1) is 15.0. The minimum absolute atomic E-state index is 0.00539. The van der Waals surface area contributed by atoms with Gasteiger partial charge in [-0.15, -0.1) is 10.2 Å². The summed E-state index contributed by atoms with van der Waals surface area (Å²) < 4.78 is 2.10. The lowest BCUT2D eigenvalue weighted by molar-refractivity contribution is 0.0827. The van der Waals surface area contributed by atoms with E-state index in [9.17, 15) is 4.79 Å². The zero-order valence-corrected chi connectivity index (χ0v) is 18.6. The second-order valence-corrected chi connectivity index (χ2v) is 8.47. The lowest BCUT2D eigenvalue weighted by atomic mass is 10.1. The fraction of sp³-hybridized carbons (Fsp3) is 0.160. The van der Waals surface area contributed by atoms with Gasteiger partial charge in [-0.2, -0.15) is 0 Å². The second-order valence-electron chi connectivity index (χ2n) is 7.53. The van der Waals surface area contributed by atoms with Gasteiger partial charge in [0.1, 0.15) is 0 Å². The normalized spacial score (nSPS) is 10.8. The van der Waals surface area contributed by atoms with E-state index in [-0.39, 0.29) is 5.91 Å². The van der Waals surface area contributed by atoms with Crippen molar-refractivity contribution in [3.63, 3.8) is 0 Å². The van der Waals surface area contributed by atoms with Crippen LogP contribution in [0, 0.1) is 6.92 Å². The molecule has 3 aromatic carbocycles. The maximum atomic E-state index is 12.1. The highest BCUT2D eigenvalue weighted by molar-refractivity contribution is 7.98. The summed E-state index contributed by atoms with van der Waals surface area (Å²) >= 11 is 1.63. The maximum absolute atomic E-state index is 12.1. The SMILES string of the molecule is Cc1cccc(-c2nnc(SCc3ccc(C(=O)N(C)C)cc3)n2-c2ccccc2)c1. The summed E-state index contributed by atoms with van der Waals surface area (Å²) in [6.45, 7) is 2.08. The number of carbonyl (C=O) groups is 1. The number of thioether (sulfide) groups is 1. The Balaban J connectivity index is 1.62. The summed E-state index contributed by atoms with van der Waals surface area (Å²) in [6, 6.07) is 26.2. The molecular weight excluding hydrogens is 404 g/mol. The molecule has 156 valence electrons. The smallest absolute Gasteiger partial charge is 0.253 e. The Bertz CT molecular complexity index is 1180. The Morgan fingerprint density at radius 3 is 2.35 bits per heavy atom. The van der Waals surface area contributed by atoms with E-state index in [4.69, 9.17) is 0 Å². The number of rotatable bonds is 6.